The second-order valence-corrected chi connectivity index (χ2v) is 21.1. The number of unbranched alkanes of at least 4 members (excludes halogenated alkanes) is 40. The molecule has 0 bridgehead atoms. The van der Waals surface area contributed by atoms with Crippen LogP contribution in [0, 0.1) is 0 Å². The van der Waals surface area contributed by atoms with Crippen LogP contribution in [0.15, 0.2) is 72.9 Å². The van der Waals surface area contributed by atoms with Gasteiger partial charge < -0.3 is 15.5 Å². The van der Waals surface area contributed by atoms with Gasteiger partial charge in [-0.25, -0.2) is 0 Å². The number of aliphatic hydroxyl groups excluding tert-OH is 2. The SMILES string of the molecule is CC/C=C\C/C=C\C/C=C\C/C=C\C/C=C\CCCCCCCCCCCCCCCCCCCCCC(=O)NC(CO)C(O)/C=C/CCCCCCCCCCCCCCCCCCCCCCC. The number of allylic oxidation sites excluding steroid dienone is 11. The Morgan fingerprint density at radius 2 is 0.629 bits per heavy atom. The van der Waals surface area contributed by atoms with Crippen LogP contribution in [0.5, 0.6) is 0 Å². The lowest BCUT2D eigenvalue weighted by Crippen LogP contribution is -2.45. The van der Waals surface area contributed by atoms with Gasteiger partial charge in [0.15, 0.2) is 0 Å². The van der Waals surface area contributed by atoms with Crippen LogP contribution in [0.3, 0.4) is 0 Å². The molecule has 0 aliphatic carbocycles. The van der Waals surface area contributed by atoms with E-state index in [1.807, 2.05) is 6.08 Å². The number of carbonyl (C=O) groups is 1. The van der Waals surface area contributed by atoms with Gasteiger partial charge in [0, 0.05) is 6.42 Å². The van der Waals surface area contributed by atoms with E-state index in [4.69, 9.17) is 0 Å². The number of aliphatic hydroxyl groups is 2. The molecule has 70 heavy (non-hydrogen) atoms. The molecule has 0 heterocycles. The second kappa shape index (κ2) is 61.1. The van der Waals surface area contributed by atoms with E-state index >= 15 is 0 Å². The van der Waals surface area contributed by atoms with Crippen molar-refractivity contribution in [2.45, 2.75) is 334 Å². The minimum absolute atomic E-state index is 0.0599. The number of rotatable bonds is 57. The summed E-state index contributed by atoms with van der Waals surface area (Å²) in [5.41, 5.74) is 0. The highest BCUT2D eigenvalue weighted by molar-refractivity contribution is 5.76. The fourth-order valence-corrected chi connectivity index (χ4v) is 9.50. The van der Waals surface area contributed by atoms with Crippen LogP contribution in [0.2, 0.25) is 0 Å². The lowest BCUT2D eigenvalue weighted by Gasteiger charge is -2.20. The Morgan fingerprint density at radius 1 is 0.357 bits per heavy atom. The summed E-state index contributed by atoms with van der Waals surface area (Å²) in [6.45, 7) is 4.22. The highest BCUT2D eigenvalue weighted by Crippen LogP contribution is 2.18. The highest BCUT2D eigenvalue weighted by atomic mass is 16.3. The molecule has 0 aliphatic heterocycles. The average Bonchev–Trinajstić information content (AvgIpc) is 3.36. The van der Waals surface area contributed by atoms with Crippen molar-refractivity contribution in [2.75, 3.05) is 6.61 Å². The van der Waals surface area contributed by atoms with E-state index in [0.29, 0.717) is 6.42 Å². The Hall–Kier alpha value is -2.17. The molecule has 1 amide bonds. The molecule has 0 aromatic heterocycles. The Morgan fingerprint density at radius 3 is 0.943 bits per heavy atom. The molecule has 4 heteroatoms. The molecule has 0 rings (SSSR count). The van der Waals surface area contributed by atoms with Gasteiger partial charge in [-0.3, -0.25) is 4.79 Å². The first-order valence-corrected chi connectivity index (χ1v) is 31.2. The van der Waals surface area contributed by atoms with E-state index in [1.54, 1.807) is 6.08 Å². The van der Waals surface area contributed by atoms with Crippen LogP contribution in [0.25, 0.3) is 0 Å². The maximum absolute atomic E-state index is 12.5. The van der Waals surface area contributed by atoms with Gasteiger partial charge in [-0.15, -0.1) is 0 Å². The predicted octanol–water partition coefficient (Wildman–Crippen LogP) is 20.9. The van der Waals surface area contributed by atoms with E-state index in [-0.39, 0.29) is 12.5 Å². The molecule has 0 aromatic carbocycles. The molecule has 0 fully saturated rings. The summed E-state index contributed by atoms with van der Waals surface area (Å²) in [5.74, 6) is -0.0599. The molecule has 0 radical (unpaired) electrons. The van der Waals surface area contributed by atoms with Crippen molar-refractivity contribution in [3.8, 4) is 0 Å². The zero-order valence-corrected chi connectivity index (χ0v) is 47.0. The van der Waals surface area contributed by atoms with E-state index in [1.165, 1.54) is 244 Å². The van der Waals surface area contributed by atoms with Gasteiger partial charge in [0.1, 0.15) is 0 Å². The lowest BCUT2D eigenvalue weighted by atomic mass is 10.0. The van der Waals surface area contributed by atoms with E-state index in [0.717, 1.165) is 57.8 Å². The summed E-state index contributed by atoms with van der Waals surface area (Å²) >= 11 is 0. The molecule has 3 N–H and O–H groups in total. The van der Waals surface area contributed by atoms with Gasteiger partial charge >= 0.3 is 0 Å². The molecular formula is C66H121NO3. The average molecular weight is 977 g/mol. The van der Waals surface area contributed by atoms with E-state index in [2.05, 4.69) is 79.9 Å². The quantitative estimate of drug-likeness (QED) is 0.0420. The maximum Gasteiger partial charge on any atom is 0.220 e. The van der Waals surface area contributed by atoms with Crippen molar-refractivity contribution in [1.29, 1.82) is 0 Å². The predicted molar refractivity (Wildman–Crippen MR) is 313 cm³/mol. The Kier molecular flexibility index (Phi) is 59.2. The zero-order chi connectivity index (χ0) is 50.6. The minimum Gasteiger partial charge on any atom is -0.394 e. The van der Waals surface area contributed by atoms with Gasteiger partial charge in [0.05, 0.1) is 18.8 Å². The van der Waals surface area contributed by atoms with Crippen molar-refractivity contribution in [2.24, 2.45) is 0 Å². The monoisotopic (exact) mass is 976 g/mol. The molecule has 4 nitrogen and oxygen atoms in total. The fourth-order valence-electron chi connectivity index (χ4n) is 9.50. The first-order chi connectivity index (χ1) is 34.7. The largest absolute Gasteiger partial charge is 0.394 e. The molecule has 408 valence electrons. The maximum atomic E-state index is 12.5. The van der Waals surface area contributed by atoms with Gasteiger partial charge in [0.25, 0.3) is 0 Å². The Labute approximate surface area is 438 Å². The first-order valence-electron chi connectivity index (χ1n) is 31.2. The van der Waals surface area contributed by atoms with Gasteiger partial charge in [0.2, 0.25) is 5.91 Å². The topological polar surface area (TPSA) is 69.6 Å². The number of carbonyl (C=O) groups excluding carboxylic acids is 1. The van der Waals surface area contributed by atoms with Gasteiger partial charge in [-0.05, 0) is 64.2 Å². The molecule has 0 saturated heterocycles. The number of amides is 1. The summed E-state index contributed by atoms with van der Waals surface area (Å²) < 4.78 is 0. The molecule has 2 atom stereocenters. The van der Waals surface area contributed by atoms with E-state index in [9.17, 15) is 15.0 Å². The number of nitrogens with one attached hydrogen (secondary N) is 1. The van der Waals surface area contributed by atoms with Crippen molar-refractivity contribution in [1.82, 2.24) is 5.32 Å². The molecule has 0 spiro atoms. The van der Waals surface area contributed by atoms with Crippen molar-refractivity contribution >= 4 is 5.91 Å². The molecular weight excluding hydrogens is 855 g/mol. The Balaban J connectivity index is 3.46. The summed E-state index contributed by atoms with van der Waals surface area (Å²) in [4.78, 5) is 12.5. The third kappa shape index (κ3) is 56.7. The van der Waals surface area contributed by atoms with Crippen molar-refractivity contribution in [3.05, 3.63) is 72.9 Å². The van der Waals surface area contributed by atoms with Crippen LogP contribution >= 0.6 is 0 Å². The van der Waals surface area contributed by atoms with Crippen molar-refractivity contribution in [3.63, 3.8) is 0 Å². The number of hydrogen-bond donors (Lipinski definition) is 3. The summed E-state index contributed by atoms with van der Waals surface area (Å²) in [6, 6.07) is -0.624. The van der Waals surface area contributed by atoms with Gasteiger partial charge in [-0.1, -0.05) is 324 Å². The first kappa shape index (κ1) is 67.8. The molecule has 0 saturated carbocycles. The van der Waals surface area contributed by atoms with Crippen LogP contribution in [0.4, 0.5) is 0 Å². The molecule has 0 aliphatic rings. The standard InChI is InChI=1S/C66H121NO3/c1-3-5-7-9-11-13-15-17-19-21-23-25-27-28-29-30-31-32-33-34-35-36-37-38-40-42-44-46-48-50-52-54-56-58-60-62-66(70)67-64(63-68)65(69)61-59-57-55-53-51-49-47-45-43-41-39-26-24-22-20-18-16-14-12-10-8-6-4-2/h5,7,11,13,17,19,23,25,28-29,59,61,64-65,68-69H,3-4,6,8-10,12,14-16,18,20-22,24,26-27,30-58,60,62-63H2,1-2H3,(H,67,70)/b7-5-,13-11-,19-17-,25-23-,29-28-,61-59+. The molecule has 0 aromatic rings. The summed E-state index contributed by atoms with van der Waals surface area (Å²) in [6.07, 6.45) is 88.0. The van der Waals surface area contributed by atoms with Crippen LogP contribution in [0.1, 0.15) is 322 Å². The fraction of sp³-hybridized carbons (Fsp3) is 0.803. The summed E-state index contributed by atoms with van der Waals surface area (Å²) in [5, 5.41) is 23.2. The third-order valence-corrected chi connectivity index (χ3v) is 14.2. The normalized spacial score (nSPS) is 13.3. The van der Waals surface area contributed by atoms with Crippen LogP contribution < -0.4 is 5.32 Å². The van der Waals surface area contributed by atoms with Crippen LogP contribution in [-0.2, 0) is 4.79 Å². The van der Waals surface area contributed by atoms with Gasteiger partial charge in [-0.2, -0.15) is 0 Å². The minimum atomic E-state index is -0.841. The molecule has 2 unspecified atom stereocenters. The van der Waals surface area contributed by atoms with Crippen LogP contribution in [-0.4, -0.2) is 34.9 Å². The van der Waals surface area contributed by atoms with Crippen molar-refractivity contribution < 1.29 is 15.0 Å². The highest BCUT2D eigenvalue weighted by Gasteiger charge is 2.18. The third-order valence-electron chi connectivity index (χ3n) is 14.2. The second-order valence-electron chi connectivity index (χ2n) is 21.1. The van der Waals surface area contributed by atoms with E-state index < -0.39 is 12.1 Å². The Bertz CT molecular complexity index is 1200. The summed E-state index contributed by atoms with van der Waals surface area (Å²) in [7, 11) is 0. The zero-order valence-electron chi connectivity index (χ0n) is 47.0. The smallest absolute Gasteiger partial charge is 0.220 e. The number of hydrogen-bond acceptors (Lipinski definition) is 3. The lowest BCUT2D eigenvalue weighted by molar-refractivity contribution is -0.123.